The molecule has 0 fully saturated rings. The molecule has 1 aliphatic carbocycles. The van der Waals surface area contributed by atoms with Gasteiger partial charge < -0.3 is 29.4 Å². The third-order valence-electron chi connectivity index (χ3n) is 18.1. The number of hydrogen-bond acceptors (Lipinski definition) is 6. The molecule has 12 aromatic rings. The van der Waals surface area contributed by atoms with E-state index in [2.05, 4.69) is 357 Å². The minimum Gasteiger partial charge on any atom is -0.335 e. The van der Waals surface area contributed by atoms with Gasteiger partial charge in [-0.25, -0.2) is 0 Å². The summed E-state index contributed by atoms with van der Waals surface area (Å²) in [6.07, 6.45) is 5.08. The van der Waals surface area contributed by atoms with Gasteiger partial charge in [-0.15, -0.1) is 0 Å². The summed E-state index contributed by atoms with van der Waals surface area (Å²) < 4.78 is 0. The quantitative estimate of drug-likeness (QED) is 0.126. The Kier molecular flexibility index (Phi) is 11.8. The summed E-state index contributed by atoms with van der Waals surface area (Å²) in [5, 5.41) is 0. The predicted octanol–water partition coefficient (Wildman–Crippen LogP) is 16.5. The van der Waals surface area contributed by atoms with Crippen LogP contribution in [-0.4, -0.2) is 19.5 Å². The van der Waals surface area contributed by atoms with Gasteiger partial charge >= 0.3 is 0 Å². The van der Waals surface area contributed by atoms with Crippen LogP contribution in [0.15, 0.2) is 339 Å². The van der Waals surface area contributed by atoms with Gasteiger partial charge in [0.15, 0.2) is 0 Å². The van der Waals surface area contributed by atoms with E-state index >= 15 is 0 Å². The van der Waals surface area contributed by atoms with E-state index in [1.54, 1.807) is 0 Å². The Labute approximate surface area is 503 Å². The Morgan fingerprint density at radius 2 is 0.698 bits per heavy atom. The normalized spacial score (nSPS) is 15.7. The van der Waals surface area contributed by atoms with Crippen molar-refractivity contribution in [3.63, 3.8) is 0 Å². The molecule has 0 saturated heterocycles. The Morgan fingerprint density at radius 3 is 1.21 bits per heavy atom. The maximum atomic E-state index is 2.69. The molecule has 12 aromatic carbocycles. The monoisotopic (exact) mass is 1100 g/mol. The maximum absolute atomic E-state index is 2.69. The van der Waals surface area contributed by atoms with Gasteiger partial charge in [-0.05, 0) is 161 Å². The molecule has 0 radical (unpaired) electrons. The first-order valence-corrected chi connectivity index (χ1v) is 29.9. The van der Waals surface area contributed by atoms with Crippen molar-refractivity contribution >= 4 is 126 Å². The molecule has 17 rings (SSSR count). The van der Waals surface area contributed by atoms with Crippen molar-refractivity contribution < 1.29 is 0 Å². The van der Waals surface area contributed by atoms with Crippen LogP contribution < -0.4 is 56.7 Å². The van der Waals surface area contributed by atoms with E-state index < -0.39 is 0 Å². The molecule has 0 saturated carbocycles. The Morgan fingerprint density at radius 1 is 0.291 bits per heavy atom. The number of allylic oxidation sites excluding steroid dienone is 1. The highest BCUT2D eigenvalue weighted by molar-refractivity contribution is 7.01. The fourth-order valence-electron chi connectivity index (χ4n) is 14.8. The fourth-order valence-corrected chi connectivity index (χ4v) is 14.8. The average Bonchev–Trinajstić information content (AvgIpc) is 0.705. The summed E-state index contributed by atoms with van der Waals surface area (Å²) in [7, 11) is 0. The molecule has 0 N–H and O–H groups in total. The van der Waals surface area contributed by atoms with Gasteiger partial charge in [-0.3, -0.25) is 0 Å². The molecule has 404 valence electrons. The van der Waals surface area contributed by atoms with Gasteiger partial charge in [0, 0.05) is 96.8 Å². The van der Waals surface area contributed by atoms with Gasteiger partial charge in [0.1, 0.15) is 0 Å². The molecule has 4 heterocycles. The van der Waals surface area contributed by atoms with Crippen molar-refractivity contribution in [1.82, 2.24) is 0 Å². The maximum Gasteiger partial charge on any atom is 0.252 e. The van der Waals surface area contributed by atoms with Crippen LogP contribution in [0.3, 0.4) is 0 Å². The SMILES string of the molecule is C1=C(N(c2ccccc2)c2ccccc2)C=C2C3B(c4ccccc4N2c2ccccc2)c2cc4c(cc2N(c2ccccc2)C13)N(c1ccccc1)c1cc(N(c2ccccc2)c2ccccc2)cc2c1B4c1ccccc1N2c1ccccc1. The minimum absolute atomic E-state index is 0.0126. The molecule has 0 amide bonds. The number of hydrogen-bond donors (Lipinski definition) is 0. The zero-order chi connectivity index (χ0) is 56.7. The van der Waals surface area contributed by atoms with E-state index in [1.165, 1.54) is 50.1 Å². The lowest BCUT2D eigenvalue weighted by molar-refractivity contribution is 0.714. The van der Waals surface area contributed by atoms with E-state index in [9.17, 15) is 0 Å². The van der Waals surface area contributed by atoms with Crippen LogP contribution >= 0.6 is 0 Å². The second-order valence-electron chi connectivity index (χ2n) is 22.8. The molecular formula is C78H56B2N6. The molecule has 86 heavy (non-hydrogen) atoms. The van der Waals surface area contributed by atoms with Crippen LogP contribution in [0.1, 0.15) is 0 Å². The standard InChI is InChI=1S/C78H56B2N6/c1-9-29-55(30-10-1)81(56-31-11-2-12-32-56)63-49-73-77-75(51-63)85(61-41-21-7-22-42-61)71-54-72-68(53-67(71)79(77)65-45-25-27-47-69(65)83(73)59-37-17-5-18-38-59)80-66-46-26-28-48-70(66)84(60-39-19-6-20-40-60)74-50-64(52-76(78(74)80)86(72)62-43-23-8-24-44-62)82(57-33-13-3-14-34-57)58-35-15-4-16-36-58/h1-54,75,77H. The zero-order valence-electron chi connectivity index (χ0n) is 47.2. The summed E-state index contributed by atoms with van der Waals surface area (Å²) in [6, 6.07) is 116. The second-order valence-corrected chi connectivity index (χ2v) is 22.8. The van der Waals surface area contributed by atoms with Crippen molar-refractivity contribution in [2.45, 2.75) is 11.9 Å². The topological polar surface area (TPSA) is 19.4 Å². The number of para-hydroxylation sites is 10. The molecule has 0 spiro atoms. The molecule has 2 unspecified atom stereocenters. The van der Waals surface area contributed by atoms with Gasteiger partial charge in [-0.1, -0.05) is 194 Å². The summed E-state index contributed by atoms with van der Waals surface area (Å²) in [4.78, 5) is 15.2. The van der Waals surface area contributed by atoms with Gasteiger partial charge in [0.25, 0.3) is 6.71 Å². The van der Waals surface area contributed by atoms with Crippen molar-refractivity contribution in [2.24, 2.45) is 0 Å². The van der Waals surface area contributed by atoms with Gasteiger partial charge in [0.05, 0.1) is 11.7 Å². The lowest BCUT2D eigenvalue weighted by atomic mass is 9.27. The smallest absolute Gasteiger partial charge is 0.252 e. The third-order valence-corrected chi connectivity index (χ3v) is 18.1. The highest BCUT2D eigenvalue weighted by Gasteiger charge is 2.54. The van der Waals surface area contributed by atoms with Crippen molar-refractivity contribution in [3.8, 4) is 0 Å². The van der Waals surface area contributed by atoms with Crippen molar-refractivity contribution in [3.05, 3.63) is 339 Å². The second kappa shape index (κ2) is 20.4. The van der Waals surface area contributed by atoms with Crippen LogP contribution in [0.2, 0.25) is 5.82 Å². The summed E-state index contributed by atoms with van der Waals surface area (Å²) in [6.45, 7) is -0.158. The highest BCUT2D eigenvalue weighted by atomic mass is 15.3. The number of fused-ring (bicyclic) bond motifs is 8. The van der Waals surface area contributed by atoms with Crippen molar-refractivity contribution in [1.29, 1.82) is 0 Å². The molecule has 8 heteroatoms. The molecule has 5 aliphatic rings. The van der Waals surface area contributed by atoms with E-state index in [4.69, 9.17) is 0 Å². The van der Waals surface area contributed by atoms with E-state index in [-0.39, 0.29) is 25.3 Å². The first kappa shape index (κ1) is 49.6. The first-order chi connectivity index (χ1) is 42.7. The van der Waals surface area contributed by atoms with Gasteiger partial charge in [-0.2, -0.15) is 0 Å². The lowest BCUT2D eigenvalue weighted by Crippen LogP contribution is -2.66. The van der Waals surface area contributed by atoms with E-state index in [0.29, 0.717) is 0 Å². The zero-order valence-corrected chi connectivity index (χ0v) is 47.2. The summed E-state index contributed by atoms with van der Waals surface area (Å²) in [5.74, 6) is -0.0126. The molecule has 0 bridgehead atoms. The van der Waals surface area contributed by atoms with Gasteiger partial charge in [0.2, 0.25) is 6.71 Å². The predicted molar refractivity (Wildman–Crippen MR) is 363 cm³/mol. The summed E-state index contributed by atoms with van der Waals surface area (Å²) in [5.41, 5.74) is 25.8. The Hall–Kier alpha value is -11.0. The number of benzene rings is 12. The first-order valence-electron chi connectivity index (χ1n) is 29.9. The van der Waals surface area contributed by atoms with Crippen LogP contribution in [0.5, 0.6) is 0 Å². The Bertz CT molecular complexity index is 4490. The number of rotatable bonds is 10. The van der Waals surface area contributed by atoms with Crippen LogP contribution in [0, 0.1) is 0 Å². The summed E-state index contributed by atoms with van der Waals surface area (Å²) >= 11 is 0. The lowest BCUT2D eigenvalue weighted by Gasteiger charge is -2.54. The fraction of sp³-hybridized carbons (Fsp3) is 0.0256. The molecule has 0 aromatic heterocycles. The third kappa shape index (κ3) is 7.90. The largest absolute Gasteiger partial charge is 0.335 e. The van der Waals surface area contributed by atoms with Crippen LogP contribution in [0.4, 0.5) is 85.3 Å². The molecule has 2 atom stereocenters. The highest BCUT2D eigenvalue weighted by Crippen LogP contribution is 2.54. The van der Waals surface area contributed by atoms with Crippen molar-refractivity contribution in [2.75, 3.05) is 29.4 Å². The number of anilines is 15. The Balaban J connectivity index is 0.984. The van der Waals surface area contributed by atoms with E-state index in [1.807, 2.05) is 0 Å². The minimum atomic E-state index is -0.142. The molecule has 4 aliphatic heterocycles. The van der Waals surface area contributed by atoms with Crippen LogP contribution in [-0.2, 0) is 0 Å². The van der Waals surface area contributed by atoms with Crippen LogP contribution in [0.25, 0.3) is 0 Å². The number of nitrogens with zero attached hydrogens (tertiary/aromatic N) is 6. The molecule has 6 nitrogen and oxygen atoms in total. The average molecular weight is 1100 g/mol. The van der Waals surface area contributed by atoms with E-state index in [0.717, 1.165) is 73.9 Å². The molecular weight excluding hydrogens is 1040 g/mol.